The van der Waals surface area contributed by atoms with Crippen LogP contribution in [0.2, 0.25) is 0 Å². The third-order valence-corrected chi connectivity index (χ3v) is 3.48. The van der Waals surface area contributed by atoms with Crippen LogP contribution < -0.4 is 5.32 Å². The average Bonchev–Trinajstić information content (AvgIpc) is 2.78. The Morgan fingerprint density at radius 3 is 3.11 bits per heavy atom. The Kier molecular flexibility index (Phi) is 4.36. The maximum absolute atomic E-state index is 11.7. The van der Waals surface area contributed by atoms with E-state index in [1.54, 1.807) is 13.0 Å². The van der Waals surface area contributed by atoms with E-state index >= 15 is 0 Å². The van der Waals surface area contributed by atoms with Gasteiger partial charge in [0.25, 0.3) is 5.91 Å². The van der Waals surface area contributed by atoms with Gasteiger partial charge in [0.05, 0.1) is 5.69 Å². The molecule has 1 amide bonds. The highest BCUT2D eigenvalue weighted by atomic mass is 16.5. The first-order chi connectivity index (χ1) is 8.66. The Morgan fingerprint density at radius 1 is 1.61 bits per heavy atom. The molecule has 1 fully saturated rings. The van der Waals surface area contributed by atoms with Gasteiger partial charge >= 0.3 is 0 Å². The smallest absolute Gasteiger partial charge is 0.289 e. The van der Waals surface area contributed by atoms with E-state index in [0.717, 1.165) is 18.8 Å². The fourth-order valence-electron chi connectivity index (χ4n) is 2.36. The number of amides is 1. The summed E-state index contributed by atoms with van der Waals surface area (Å²) in [5.74, 6) is 0.111. The van der Waals surface area contributed by atoms with Gasteiger partial charge in [-0.1, -0.05) is 11.6 Å². The molecule has 18 heavy (non-hydrogen) atoms. The first-order valence-electron chi connectivity index (χ1n) is 6.62. The van der Waals surface area contributed by atoms with Crippen LogP contribution in [0.5, 0.6) is 0 Å². The van der Waals surface area contributed by atoms with E-state index < -0.39 is 0 Å². The molecule has 1 atom stereocenters. The van der Waals surface area contributed by atoms with E-state index in [2.05, 4.69) is 22.3 Å². The number of rotatable bonds is 4. The van der Waals surface area contributed by atoms with E-state index in [1.807, 2.05) is 0 Å². The lowest BCUT2D eigenvalue weighted by molar-refractivity contribution is 0.0902. The predicted octanol–water partition coefficient (Wildman–Crippen LogP) is 1.59. The molecule has 100 valence electrons. The van der Waals surface area contributed by atoms with Gasteiger partial charge in [-0.2, -0.15) is 0 Å². The van der Waals surface area contributed by atoms with Gasteiger partial charge in [-0.05, 0) is 33.2 Å². The lowest BCUT2D eigenvalue weighted by Crippen LogP contribution is -2.42. The number of hydrogen-bond acceptors (Lipinski definition) is 4. The van der Waals surface area contributed by atoms with Crippen molar-refractivity contribution in [1.82, 2.24) is 15.4 Å². The molecule has 0 spiro atoms. The second-order valence-electron chi connectivity index (χ2n) is 4.97. The maximum atomic E-state index is 11.7. The van der Waals surface area contributed by atoms with E-state index in [1.165, 1.54) is 19.3 Å². The zero-order valence-electron chi connectivity index (χ0n) is 11.1. The molecule has 0 bridgehead atoms. The second-order valence-corrected chi connectivity index (χ2v) is 4.97. The average molecular weight is 251 g/mol. The van der Waals surface area contributed by atoms with Gasteiger partial charge in [0.1, 0.15) is 0 Å². The molecule has 0 saturated carbocycles. The molecule has 1 aliphatic rings. The van der Waals surface area contributed by atoms with Crippen molar-refractivity contribution in [1.29, 1.82) is 0 Å². The number of hydrogen-bond donors (Lipinski definition) is 1. The molecule has 1 aliphatic heterocycles. The van der Waals surface area contributed by atoms with Gasteiger partial charge in [-0.15, -0.1) is 0 Å². The molecule has 0 unspecified atom stereocenters. The minimum Gasteiger partial charge on any atom is -0.351 e. The second kappa shape index (κ2) is 6.00. The molecule has 1 N–H and O–H groups in total. The number of piperidine rings is 1. The normalized spacial score (nSPS) is 20.9. The molecule has 1 aromatic heterocycles. The number of likely N-dealkylation sites (tertiary alicyclic amines) is 1. The molecule has 2 rings (SSSR count). The zero-order chi connectivity index (χ0) is 13.0. The molecule has 0 aliphatic carbocycles. The lowest BCUT2D eigenvalue weighted by atomic mass is 10.0. The van der Waals surface area contributed by atoms with Crippen LogP contribution in [0.3, 0.4) is 0 Å². The zero-order valence-corrected chi connectivity index (χ0v) is 11.1. The van der Waals surface area contributed by atoms with Gasteiger partial charge in [-0.25, -0.2) is 0 Å². The van der Waals surface area contributed by atoms with Crippen molar-refractivity contribution in [2.75, 3.05) is 19.6 Å². The van der Waals surface area contributed by atoms with E-state index in [4.69, 9.17) is 4.52 Å². The molecule has 2 heterocycles. The largest absolute Gasteiger partial charge is 0.351 e. The van der Waals surface area contributed by atoms with Crippen molar-refractivity contribution in [3.05, 3.63) is 17.5 Å². The third kappa shape index (κ3) is 3.32. The molecule has 5 heteroatoms. The van der Waals surface area contributed by atoms with E-state index in [0.29, 0.717) is 18.3 Å². The molecule has 5 nitrogen and oxygen atoms in total. The maximum Gasteiger partial charge on any atom is 0.289 e. The highest BCUT2D eigenvalue weighted by Gasteiger charge is 2.18. The van der Waals surface area contributed by atoms with Crippen molar-refractivity contribution in [2.24, 2.45) is 0 Å². The number of nitrogens with zero attached hydrogens (tertiary/aromatic N) is 2. The summed E-state index contributed by atoms with van der Waals surface area (Å²) in [6.45, 7) is 6.75. The Balaban J connectivity index is 1.73. The van der Waals surface area contributed by atoms with Crippen LogP contribution in [0.4, 0.5) is 0 Å². The van der Waals surface area contributed by atoms with E-state index in [-0.39, 0.29) is 5.91 Å². The molecular weight excluding hydrogens is 230 g/mol. The summed E-state index contributed by atoms with van der Waals surface area (Å²) in [5.41, 5.74) is 0.727. The highest BCUT2D eigenvalue weighted by molar-refractivity contribution is 5.91. The summed E-state index contributed by atoms with van der Waals surface area (Å²) in [7, 11) is 0. The first kappa shape index (κ1) is 13.1. The van der Waals surface area contributed by atoms with Gasteiger partial charge in [0.2, 0.25) is 5.76 Å². The molecule has 0 radical (unpaired) electrons. The Morgan fingerprint density at radius 2 is 2.44 bits per heavy atom. The molecule has 0 aromatic carbocycles. The summed E-state index contributed by atoms with van der Waals surface area (Å²) >= 11 is 0. The Labute approximate surface area is 108 Å². The quantitative estimate of drug-likeness (QED) is 0.882. The van der Waals surface area contributed by atoms with Crippen molar-refractivity contribution >= 4 is 5.91 Å². The van der Waals surface area contributed by atoms with Gasteiger partial charge in [0.15, 0.2) is 0 Å². The third-order valence-electron chi connectivity index (χ3n) is 3.48. The van der Waals surface area contributed by atoms with Crippen molar-refractivity contribution < 1.29 is 9.32 Å². The van der Waals surface area contributed by atoms with Gasteiger partial charge in [0, 0.05) is 25.2 Å². The van der Waals surface area contributed by atoms with Gasteiger partial charge in [-0.3, -0.25) is 9.69 Å². The SMILES string of the molecule is Cc1cc(C(=O)NCCN2CCCC[C@@H]2C)on1. The molecule has 1 saturated heterocycles. The number of carbonyl (C=O) groups excluding carboxylic acids is 1. The monoisotopic (exact) mass is 251 g/mol. The molecule has 1 aromatic rings. The van der Waals surface area contributed by atoms with Crippen LogP contribution in [0, 0.1) is 6.92 Å². The first-order valence-corrected chi connectivity index (χ1v) is 6.62. The summed E-state index contributed by atoms with van der Waals surface area (Å²) in [5, 5.41) is 6.57. The topological polar surface area (TPSA) is 58.4 Å². The van der Waals surface area contributed by atoms with Crippen LogP contribution in [-0.4, -0.2) is 41.6 Å². The predicted molar refractivity (Wildman–Crippen MR) is 68.5 cm³/mol. The Bertz CT molecular complexity index is 403. The summed E-state index contributed by atoms with van der Waals surface area (Å²) in [6.07, 6.45) is 3.84. The minimum atomic E-state index is -0.180. The lowest BCUT2D eigenvalue weighted by Gasteiger charge is -2.33. The standard InChI is InChI=1S/C13H21N3O2/c1-10-9-12(18-15-10)13(17)14-6-8-16-7-4-3-5-11(16)2/h9,11H,3-8H2,1-2H3,(H,14,17)/t11-/m0/s1. The van der Waals surface area contributed by atoms with E-state index in [9.17, 15) is 4.79 Å². The van der Waals surface area contributed by atoms with Crippen LogP contribution in [0.15, 0.2) is 10.6 Å². The van der Waals surface area contributed by atoms with Crippen LogP contribution in [0.25, 0.3) is 0 Å². The summed E-state index contributed by atoms with van der Waals surface area (Å²) in [4.78, 5) is 14.1. The molecular formula is C13H21N3O2. The van der Waals surface area contributed by atoms with Crippen molar-refractivity contribution in [2.45, 2.75) is 39.2 Å². The number of aromatic nitrogens is 1. The van der Waals surface area contributed by atoms with Crippen LogP contribution in [-0.2, 0) is 0 Å². The highest BCUT2D eigenvalue weighted by Crippen LogP contribution is 2.15. The number of carbonyl (C=O) groups is 1. The van der Waals surface area contributed by atoms with Gasteiger partial charge < -0.3 is 9.84 Å². The fourth-order valence-corrected chi connectivity index (χ4v) is 2.36. The van der Waals surface area contributed by atoms with Crippen molar-refractivity contribution in [3.8, 4) is 0 Å². The Hall–Kier alpha value is -1.36. The minimum absolute atomic E-state index is 0.180. The summed E-state index contributed by atoms with van der Waals surface area (Å²) < 4.78 is 4.91. The number of nitrogens with one attached hydrogen (secondary N) is 1. The summed E-state index contributed by atoms with van der Waals surface area (Å²) in [6, 6.07) is 2.28. The van der Waals surface area contributed by atoms with Crippen molar-refractivity contribution in [3.63, 3.8) is 0 Å². The number of aryl methyl sites for hydroxylation is 1. The van der Waals surface area contributed by atoms with Crippen LogP contribution >= 0.6 is 0 Å². The fraction of sp³-hybridized carbons (Fsp3) is 0.692. The van der Waals surface area contributed by atoms with Crippen LogP contribution in [0.1, 0.15) is 42.4 Å².